The lowest BCUT2D eigenvalue weighted by Gasteiger charge is -2.35. The van der Waals surface area contributed by atoms with E-state index in [1.165, 1.54) is 0 Å². The zero-order valence-corrected chi connectivity index (χ0v) is 11.6. The molecule has 1 unspecified atom stereocenters. The van der Waals surface area contributed by atoms with Crippen LogP contribution in [0.15, 0.2) is 12.1 Å². The molecule has 1 aliphatic rings. The lowest BCUT2D eigenvalue weighted by molar-refractivity contribution is -0.0315. The molecule has 1 saturated heterocycles. The Morgan fingerprint density at radius 3 is 2.55 bits per heavy atom. The van der Waals surface area contributed by atoms with Gasteiger partial charge in [-0.25, -0.2) is 13.2 Å². The summed E-state index contributed by atoms with van der Waals surface area (Å²) in [5.41, 5.74) is 0.215. The SMILES string of the molecule is CC(C)N1CCOC(CNc2cc(F)c(F)c(F)c2)C1. The molecular formula is C14H19F3N2O. The Morgan fingerprint density at radius 2 is 1.95 bits per heavy atom. The van der Waals surface area contributed by atoms with Crippen LogP contribution >= 0.6 is 0 Å². The van der Waals surface area contributed by atoms with Gasteiger partial charge in [-0.05, 0) is 13.8 Å². The zero-order valence-electron chi connectivity index (χ0n) is 11.6. The Balaban J connectivity index is 1.92. The van der Waals surface area contributed by atoms with Crippen LogP contribution < -0.4 is 5.32 Å². The minimum atomic E-state index is -1.45. The molecule has 0 radical (unpaired) electrons. The summed E-state index contributed by atoms with van der Waals surface area (Å²) in [6.45, 7) is 6.93. The first-order chi connectivity index (χ1) is 9.47. The molecule has 0 bridgehead atoms. The van der Waals surface area contributed by atoms with Crippen LogP contribution in [0.4, 0.5) is 18.9 Å². The van der Waals surface area contributed by atoms with Gasteiger partial charge in [0.25, 0.3) is 0 Å². The first-order valence-corrected chi connectivity index (χ1v) is 6.71. The number of benzene rings is 1. The molecule has 0 saturated carbocycles. The number of anilines is 1. The second-order valence-corrected chi connectivity index (χ2v) is 5.22. The maximum absolute atomic E-state index is 13.1. The van der Waals surface area contributed by atoms with E-state index in [1.807, 2.05) is 0 Å². The van der Waals surface area contributed by atoms with Crippen LogP contribution in [0.3, 0.4) is 0 Å². The molecule has 0 aliphatic carbocycles. The van der Waals surface area contributed by atoms with Gasteiger partial charge in [0.1, 0.15) is 0 Å². The lowest BCUT2D eigenvalue weighted by Crippen LogP contribution is -2.48. The third-order valence-corrected chi connectivity index (χ3v) is 3.42. The number of hydrogen-bond acceptors (Lipinski definition) is 3. The van der Waals surface area contributed by atoms with Gasteiger partial charge in [0.15, 0.2) is 17.5 Å². The number of nitrogens with one attached hydrogen (secondary N) is 1. The molecule has 0 amide bonds. The highest BCUT2D eigenvalue weighted by Crippen LogP contribution is 2.18. The molecule has 112 valence electrons. The Labute approximate surface area is 116 Å². The number of ether oxygens (including phenoxy) is 1. The van der Waals surface area contributed by atoms with E-state index in [4.69, 9.17) is 4.74 Å². The summed E-state index contributed by atoms with van der Waals surface area (Å²) in [5.74, 6) is -3.84. The first kappa shape index (κ1) is 15.1. The minimum Gasteiger partial charge on any atom is -0.382 e. The normalized spacial score (nSPS) is 20.4. The van der Waals surface area contributed by atoms with Crippen LogP contribution in [0.2, 0.25) is 0 Å². The topological polar surface area (TPSA) is 24.5 Å². The summed E-state index contributed by atoms with van der Waals surface area (Å²) >= 11 is 0. The highest BCUT2D eigenvalue weighted by atomic mass is 19.2. The van der Waals surface area contributed by atoms with Crippen molar-refractivity contribution in [3.8, 4) is 0 Å². The van der Waals surface area contributed by atoms with Crippen LogP contribution in [-0.2, 0) is 4.74 Å². The fourth-order valence-corrected chi connectivity index (χ4v) is 2.22. The van der Waals surface area contributed by atoms with E-state index < -0.39 is 17.5 Å². The van der Waals surface area contributed by atoms with E-state index in [0.29, 0.717) is 19.2 Å². The molecule has 1 fully saturated rings. The van der Waals surface area contributed by atoms with Crippen molar-refractivity contribution in [1.29, 1.82) is 0 Å². The largest absolute Gasteiger partial charge is 0.382 e. The fraction of sp³-hybridized carbons (Fsp3) is 0.571. The van der Waals surface area contributed by atoms with Crippen molar-refractivity contribution in [3.05, 3.63) is 29.6 Å². The Kier molecular flexibility index (Phi) is 4.88. The van der Waals surface area contributed by atoms with Gasteiger partial charge in [0.05, 0.1) is 12.7 Å². The molecule has 3 nitrogen and oxygen atoms in total. The van der Waals surface area contributed by atoms with Crippen molar-refractivity contribution in [3.63, 3.8) is 0 Å². The second kappa shape index (κ2) is 6.45. The smallest absolute Gasteiger partial charge is 0.194 e. The van der Waals surface area contributed by atoms with E-state index in [2.05, 4.69) is 24.1 Å². The standard InChI is InChI=1S/C14H19F3N2O/c1-9(2)19-3-4-20-11(8-19)7-18-10-5-12(15)14(17)13(16)6-10/h5-6,9,11,18H,3-4,7-8H2,1-2H3. The van der Waals surface area contributed by atoms with E-state index >= 15 is 0 Å². The molecule has 0 aromatic heterocycles. The molecule has 0 spiro atoms. The summed E-state index contributed by atoms with van der Waals surface area (Å²) in [7, 11) is 0. The zero-order chi connectivity index (χ0) is 14.7. The molecule has 6 heteroatoms. The summed E-state index contributed by atoms with van der Waals surface area (Å²) < 4.78 is 44.6. The number of halogens is 3. The Hall–Kier alpha value is -1.27. The van der Waals surface area contributed by atoms with Crippen molar-refractivity contribution in [1.82, 2.24) is 4.90 Å². The van der Waals surface area contributed by atoms with Crippen LogP contribution in [0, 0.1) is 17.5 Å². The molecule has 1 atom stereocenters. The Morgan fingerprint density at radius 1 is 1.30 bits per heavy atom. The van der Waals surface area contributed by atoms with Gasteiger partial charge >= 0.3 is 0 Å². The monoisotopic (exact) mass is 288 g/mol. The maximum Gasteiger partial charge on any atom is 0.194 e. The average molecular weight is 288 g/mol. The fourth-order valence-electron chi connectivity index (χ4n) is 2.22. The molecule has 1 aromatic rings. The highest BCUT2D eigenvalue weighted by Gasteiger charge is 2.22. The van der Waals surface area contributed by atoms with Gasteiger partial charge in [0, 0.05) is 43.5 Å². The molecule has 1 N–H and O–H groups in total. The highest BCUT2D eigenvalue weighted by molar-refractivity contribution is 5.44. The molecule has 1 aromatic carbocycles. The van der Waals surface area contributed by atoms with Crippen molar-refractivity contribution in [2.24, 2.45) is 0 Å². The summed E-state index contributed by atoms with van der Waals surface area (Å²) in [6.07, 6.45) is -0.0534. The van der Waals surface area contributed by atoms with Crippen molar-refractivity contribution >= 4 is 5.69 Å². The van der Waals surface area contributed by atoms with Crippen LogP contribution in [0.1, 0.15) is 13.8 Å². The van der Waals surface area contributed by atoms with Crippen LogP contribution in [0.25, 0.3) is 0 Å². The van der Waals surface area contributed by atoms with Gasteiger partial charge in [-0.15, -0.1) is 0 Å². The van der Waals surface area contributed by atoms with Gasteiger partial charge in [-0.2, -0.15) is 0 Å². The molecular weight excluding hydrogens is 269 g/mol. The number of rotatable bonds is 4. The van der Waals surface area contributed by atoms with E-state index in [9.17, 15) is 13.2 Å². The molecule has 2 rings (SSSR count). The van der Waals surface area contributed by atoms with Gasteiger partial charge in [0.2, 0.25) is 0 Å². The van der Waals surface area contributed by atoms with Crippen molar-refractivity contribution < 1.29 is 17.9 Å². The maximum atomic E-state index is 13.1. The van der Waals surface area contributed by atoms with Gasteiger partial charge in [-0.1, -0.05) is 0 Å². The predicted octanol–water partition coefficient (Wildman–Crippen LogP) is 2.63. The van der Waals surface area contributed by atoms with Crippen LogP contribution in [0.5, 0.6) is 0 Å². The third-order valence-electron chi connectivity index (χ3n) is 3.42. The Bertz CT molecular complexity index is 445. The summed E-state index contributed by atoms with van der Waals surface area (Å²) in [5, 5.41) is 2.88. The molecule has 20 heavy (non-hydrogen) atoms. The van der Waals surface area contributed by atoms with Crippen LogP contribution in [-0.4, -0.2) is 43.3 Å². The van der Waals surface area contributed by atoms with Gasteiger partial charge < -0.3 is 10.1 Å². The molecule has 1 heterocycles. The summed E-state index contributed by atoms with van der Waals surface area (Å²) in [6, 6.07) is 2.32. The predicted molar refractivity (Wildman–Crippen MR) is 71.3 cm³/mol. The average Bonchev–Trinajstić information content (AvgIpc) is 2.42. The summed E-state index contributed by atoms with van der Waals surface area (Å²) in [4.78, 5) is 2.28. The van der Waals surface area contributed by atoms with E-state index in [0.717, 1.165) is 25.2 Å². The second-order valence-electron chi connectivity index (χ2n) is 5.22. The van der Waals surface area contributed by atoms with Gasteiger partial charge in [-0.3, -0.25) is 4.90 Å². The first-order valence-electron chi connectivity index (χ1n) is 6.71. The third kappa shape index (κ3) is 3.64. The van der Waals surface area contributed by atoms with E-state index in [1.54, 1.807) is 0 Å². The molecule has 1 aliphatic heterocycles. The number of morpholine rings is 1. The number of hydrogen-bond donors (Lipinski definition) is 1. The quantitative estimate of drug-likeness (QED) is 0.862. The van der Waals surface area contributed by atoms with E-state index in [-0.39, 0.29) is 11.8 Å². The van der Waals surface area contributed by atoms with Crippen molar-refractivity contribution in [2.45, 2.75) is 26.0 Å². The van der Waals surface area contributed by atoms with Crippen molar-refractivity contribution in [2.75, 3.05) is 31.6 Å². The minimum absolute atomic E-state index is 0.0534. The number of nitrogens with zero attached hydrogens (tertiary/aromatic N) is 1. The lowest BCUT2D eigenvalue weighted by atomic mass is 10.2.